The zero-order valence-electron chi connectivity index (χ0n) is 9.55. The second kappa shape index (κ2) is 9.23. The number of methoxy groups -OCH3 is 1. The van der Waals surface area contributed by atoms with E-state index >= 15 is 0 Å². The molecule has 0 bridgehead atoms. The molecular weight excluding hydrogens is 252 g/mol. The van der Waals surface area contributed by atoms with Gasteiger partial charge in [-0.1, -0.05) is 35.5 Å². The van der Waals surface area contributed by atoms with Gasteiger partial charge in [0.15, 0.2) is 0 Å². The van der Waals surface area contributed by atoms with Gasteiger partial charge in [-0.25, -0.2) is 0 Å². The van der Waals surface area contributed by atoms with Gasteiger partial charge in [-0.2, -0.15) is 0 Å². The molecule has 4 unspecified atom stereocenters. The summed E-state index contributed by atoms with van der Waals surface area (Å²) in [6.07, 6.45) is 1.24. The van der Waals surface area contributed by atoms with Crippen molar-refractivity contribution in [3.8, 4) is 0 Å². The summed E-state index contributed by atoms with van der Waals surface area (Å²) in [6, 6.07) is 0. The highest BCUT2D eigenvalue weighted by molar-refractivity contribution is 7.79. The Morgan fingerprint density at radius 3 is 2.19 bits per heavy atom. The van der Waals surface area contributed by atoms with Gasteiger partial charge in [-0.05, 0) is 18.3 Å². The maximum Gasteiger partial charge on any atom is 0.0501 e. The number of hydrogen-bond donors (Lipinski definition) is 0. The highest BCUT2D eigenvalue weighted by Crippen LogP contribution is 2.21. The van der Waals surface area contributed by atoms with Crippen LogP contribution in [0.4, 0.5) is 0 Å². The fourth-order valence-corrected chi connectivity index (χ4v) is 2.94. The van der Waals surface area contributed by atoms with E-state index in [1.54, 1.807) is 0 Å². The normalized spacial score (nSPS) is 19.0. The summed E-state index contributed by atoms with van der Waals surface area (Å²) in [5.74, 6) is 0.0369. The van der Waals surface area contributed by atoms with Crippen molar-refractivity contribution in [3.63, 3.8) is 0 Å². The van der Waals surface area contributed by atoms with E-state index in [2.05, 4.69) is 0 Å². The number of ether oxygens (including phenoxy) is 1. The molecule has 0 saturated heterocycles. The molecule has 0 radical (unpaired) electrons. The molecule has 98 valence electrons. The van der Waals surface area contributed by atoms with E-state index in [0.717, 1.165) is 6.42 Å². The van der Waals surface area contributed by atoms with E-state index in [4.69, 9.17) is 4.74 Å². The second-order valence-corrected chi connectivity index (χ2v) is 5.61. The van der Waals surface area contributed by atoms with Crippen LogP contribution in [0, 0.1) is 11.8 Å². The van der Waals surface area contributed by atoms with Gasteiger partial charge in [0.2, 0.25) is 0 Å². The molecule has 0 saturated carbocycles. The Balaban J connectivity index is 4.31. The monoisotopic (exact) mass is 270 g/mol. The van der Waals surface area contributed by atoms with Crippen LogP contribution < -0.4 is 0 Å². The average Bonchev–Trinajstić information content (AvgIpc) is 2.17. The molecule has 4 atom stereocenters. The van der Waals surface area contributed by atoms with Crippen LogP contribution in [0.15, 0.2) is 0 Å². The van der Waals surface area contributed by atoms with Gasteiger partial charge < -0.3 is 13.8 Å². The third-order valence-electron chi connectivity index (χ3n) is 2.58. The summed E-state index contributed by atoms with van der Waals surface area (Å²) in [6.45, 7) is 2.27. The molecule has 16 heavy (non-hydrogen) atoms. The lowest BCUT2D eigenvalue weighted by molar-refractivity contribution is 0.127. The topological polar surface area (TPSA) is 89.5 Å². The van der Waals surface area contributed by atoms with Crippen molar-refractivity contribution in [2.75, 3.05) is 25.2 Å². The van der Waals surface area contributed by atoms with E-state index < -0.39 is 22.2 Å². The first kappa shape index (κ1) is 16.2. The third-order valence-corrected chi connectivity index (χ3v) is 3.85. The number of hydrogen-bond acceptors (Lipinski definition) is 5. The summed E-state index contributed by atoms with van der Waals surface area (Å²) < 4.78 is 47.2. The van der Waals surface area contributed by atoms with Crippen LogP contribution >= 0.6 is 0 Å². The van der Waals surface area contributed by atoms with Crippen molar-refractivity contribution in [1.29, 1.82) is 0 Å². The lowest BCUT2D eigenvalue weighted by atomic mass is 9.90. The highest BCUT2D eigenvalue weighted by atomic mass is 32.2. The molecule has 0 fully saturated rings. The van der Waals surface area contributed by atoms with Crippen LogP contribution in [-0.4, -0.2) is 42.7 Å². The second-order valence-electron chi connectivity index (χ2n) is 3.65. The Labute approximate surface area is 102 Å². The van der Waals surface area contributed by atoms with Crippen LogP contribution in [0.1, 0.15) is 19.8 Å². The minimum Gasteiger partial charge on any atom is -0.772 e. The van der Waals surface area contributed by atoms with Crippen LogP contribution in [0.2, 0.25) is 0 Å². The first-order chi connectivity index (χ1) is 7.51. The van der Waals surface area contributed by atoms with Crippen LogP contribution in [0.3, 0.4) is 0 Å². The van der Waals surface area contributed by atoms with Gasteiger partial charge in [0.1, 0.15) is 0 Å². The summed E-state index contributed by atoms with van der Waals surface area (Å²) in [5, 5.41) is 0. The van der Waals surface area contributed by atoms with Gasteiger partial charge in [0.05, 0.1) is 6.61 Å². The first-order valence-electron chi connectivity index (χ1n) is 5.11. The highest BCUT2D eigenvalue weighted by Gasteiger charge is 2.20. The number of rotatable bonds is 9. The van der Waals surface area contributed by atoms with Crippen molar-refractivity contribution < 1.29 is 22.3 Å². The van der Waals surface area contributed by atoms with Crippen molar-refractivity contribution in [1.82, 2.24) is 0 Å². The summed E-state index contributed by atoms with van der Waals surface area (Å²) in [5.41, 5.74) is 0. The van der Waals surface area contributed by atoms with Crippen molar-refractivity contribution in [3.05, 3.63) is 0 Å². The molecule has 0 amide bonds. The largest absolute Gasteiger partial charge is 0.772 e. The molecule has 0 aliphatic heterocycles. The molecular formula is C9H18O5S2-2. The Hall–Kier alpha value is 0.180. The average molecular weight is 270 g/mol. The molecule has 0 heterocycles. The zero-order chi connectivity index (χ0) is 12.6. The van der Waals surface area contributed by atoms with Crippen LogP contribution in [0.25, 0.3) is 0 Å². The third kappa shape index (κ3) is 7.45. The standard InChI is InChI=1S/C9H20O5S2/c1-3-8(4-5-15(10)11)9(6-14-2)7-16(12)13/h8-9H,3-7H2,1-2H3,(H,10,11)(H,12,13)/p-2. The minimum atomic E-state index is -2.12. The lowest BCUT2D eigenvalue weighted by Crippen LogP contribution is -2.26. The smallest absolute Gasteiger partial charge is 0.0501 e. The molecule has 0 aromatic rings. The Morgan fingerprint density at radius 2 is 1.81 bits per heavy atom. The molecule has 0 spiro atoms. The van der Waals surface area contributed by atoms with Gasteiger partial charge in [0.25, 0.3) is 0 Å². The Morgan fingerprint density at radius 1 is 1.19 bits per heavy atom. The molecule has 7 heteroatoms. The van der Waals surface area contributed by atoms with Crippen molar-refractivity contribution in [2.45, 2.75) is 19.8 Å². The summed E-state index contributed by atoms with van der Waals surface area (Å²) in [4.78, 5) is 0. The molecule has 5 nitrogen and oxygen atoms in total. The van der Waals surface area contributed by atoms with Gasteiger partial charge >= 0.3 is 0 Å². The quantitative estimate of drug-likeness (QED) is 0.566. The fraction of sp³-hybridized carbons (Fsp3) is 1.00. The molecule has 0 aliphatic carbocycles. The van der Waals surface area contributed by atoms with Gasteiger partial charge in [0, 0.05) is 18.6 Å². The maximum atomic E-state index is 10.7. The van der Waals surface area contributed by atoms with E-state index in [0.29, 0.717) is 13.0 Å². The van der Waals surface area contributed by atoms with Crippen LogP contribution in [-0.2, 0) is 26.9 Å². The molecule has 0 N–H and O–H groups in total. The maximum absolute atomic E-state index is 10.7. The predicted molar refractivity (Wildman–Crippen MR) is 61.3 cm³/mol. The van der Waals surface area contributed by atoms with Crippen LogP contribution in [0.5, 0.6) is 0 Å². The Kier molecular flexibility index (Phi) is 9.34. The summed E-state index contributed by atoms with van der Waals surface area (Å²) >= 11 is -4.18. The first-order valence-corrected chi connectivity index (χ1v) is 7.60. The van der Waals surface area contributed by atoms with E-state index in [1.807, 2.05) is 6.92 Å². The summed E-state index contributed by atoms with van der Waals surface area (Å²) in [7, 11) is 1.51. The van der Waals surface area contributed by atoms with E-state index in [1.165, 1.54) is 7.11 Å². The van der Waals surface area contributed by atoms with E-state index in [-0.39, 0.29) is 23.3 Å². The molecule has 0 aromatic heterocycles. The fourth-order valence-electron chi connectivity index (χ4n) is 1.73. The minimum absolute atomic E-state index is 0.0256. The van der Waals surface area contributed by atoms with Gasteiger partial charge in [-0.3, -0.25) is 8.42 Å². The Bertz CT molecular complexity index is 234. The predicted octanol–water partition coefficient (Wildman–Crippen LogP) is 0.424. The van der Waals surface area contributed by atoms with E-state index in [9.17, 15) is 17.5 Å². The lowest BCUT2D eigenvalue weighted by Gasteiger charge is -2.26. The van der Waals surface area contributed by atoms with Crippen molar-refractivity contribution >= 4 is 22.2 Å². The molecule has 0 rings (SSSR count). The molecule has 0 aromatic carbocycles. The van der Waals surface area contributed by atoms with Gasteiger partial charge in [-0.15, -0.1) is 0 Å². The zero-order valence-corrected chi connectivity index (χ0v) is 11.2. The van der Waals surface area contributed by atoms with Crippen molar-refractivity contribution in [2.24, 2.45) is 11.8 Å². The molecule has 0 aliphatic rings. The SMILES string of the molecule is CCC(CCS(=O)[O-])C(COC)CS(=O)[O-].